The SMILES string of the molecule is CC(=O)c1cc2c(c3ccccc13)OC(C)(C)CC2. The van der Waals surface area contributed by atoms with Crippen LogP contribution in [0.2, 0.25) is 0 Å². The Kier molecular flexibility index (Phi) is 2.63. The molecule has 0 saturated heterocycles. The van der Waals surface area contributed by atoms with Crippen LogP contribution in [0.3, 0.4) is 0 Å². The van der Waals surface area contributed by atoms with Gasteiger partial charge in [0.1, 0.15) is 11.4 Å². The largest absolute Gasteiger partial charge is 0.487 e. The molecular weight excluding hydrogens is 236 g/mol. The second kappa shape index (κ2) is 4.09. The number of benzene rings is 2. The van der Waals surface area contributed by atoms with Crippen LogP contribution < -0.4 is 4.74 Å². The average molecular weight is 254 g/mol. The van der Waals surface area contributed by atoms with Gasteiger partial charge in [0.15, 0.2) is 5.78 Å². The smallest absolute Gasteiger partial charge is 0.160 e. The van der Waals surface area contributed by atoms with Crippen molar-refractivity contribution in [2.45, 2.75) is 39.2 Å². The molecule has 1 aliphatic heterocycles. The molecule has 2 heteroatoms. The van der Waals surface area contributed by atoms with Crippen molar-refractivity contribution in [2.24, 2.45) is 0 Å². The summed E-state index contributed by atoms with van der Waals surface area (Å²) in [5.41, 5.74) is 1.83. The summed E-state index contributed by atoms with van der Waals surface area (Å²) in [6.45, 7) is 5.86. The molecule has 0 spiro atoms. The van der Waals surface area contributed by atoms with Crippen LogP contribution in [0.25, 0.3) is 10.8 Å². The summed E-state index contributed by atoms with van der Waals surface area (Å²) < 4.78 is 6.16. The first-order chi connectivity index (χ1) is 8.98. The zero-order chi connectivity index (χ0) is 13.6. The first-order valence-corrected chi connectivity index (χ1v) is 6.72. The van der Waals surface area contributed by atoms with E-state index < -0.39 is 0 Å². The van der Waals surface area contributed by atoms with Crippen LogP contribution in [0, 0.1) is 0 Å². The van der Waals surface area contributed by atoms with E-state index in [2.05, 4.69) is 13.8 Å². The maximum atomic E-state index is 11.8. The third-order valence-electron chi connectivity index (χ3n) is 3.83. The number of Topliss-reactive ketones (excluding diaryl/α,β-unsaturated/α-hetero) is 1. The van der Waals surface area contributed by atoms with Gasteiger partial charge in [-0.3, -0.25) is 4.79 Å². The molecule has 19 heavy (non-hydrogen) atoms. The molecule has 0 N–H and O–H groups in total. The van der Waals surface area contributed by atoms with Gasteiger partial charge in [0.05, 0.1) is 0 Å². The number of carbonyl (C=O) groups is 1. The van der Waals surface area contributed by atoms with E-state index in [4.69, 9.17) is 4.74 Å². The Hall–Kier alpha value is -1.83. The molecule has 2 aromatic carbocycles. The predicted octanol–water partition coefficient (Wildman–Crippen LogP) is 4.15. The summed E-state index contributed by atoms with van der Waals surface area (Å²) in [5, 5.41) is 2.05. The third kappa shape index (κ3) is 2.01. The molecule has 0 aliphatic carbocycles. The summed E-state index contributed by atoms with van der Waals surface area (Å²) in [6.07, 6.45) is 1.95. The molecule has 0 radical (unpaired) electrons. The highest BCUT2D eigenvalue weighted by atomic mass is 16.5. The summed E-state index contributed by atoms with van der Waals surface area (Å²) in [6, 6.07) is 10.0. The van der Waals surface area contributed by atoms with Crippen molar-refractivity contribution in [1.29, 1.82) is 0 Å². The Morgan fingerprint density at radius 2 is 1.89 bits per heavy atom. The maximum Gasteiger partial charge on any atom is 0.160 e. The van der Waals surface area contributed by atoms with Crippen LogP contribution in [-0.4, -0.2) is 11.4 Å². The molecule has 0 atom stereocenters. The van der Waals surface area contributed by atoms with E-state index >= 15 is 0 Å². The lowest BCUT2D eigenvalue weighted by Crippen LogP contribution is -2.32. The summed E-state index contributed by atoms with van der Waals surface area (Å²) >= 11 is 0. The Bertz CT molecular complexity index is 668. The van der Waals surface area contributed by atoms with Gasteiger partial charge >= 0.3 is 0 Å². The van der Waals surface area contributed by atoms with Gasteiger partial charge in [0.2, 0.25) is 0 Å². The quantitative estimate of drug-likeness (QED) is 0.715. The van der Waals surface area contributed by atoms with E-state index in [1.54, 1.807) is 6.92 Å². The first kappa shape index (κ1) is 12.2. The van der Waals surface area contributed by atoms with Crippen molar-refractivity contribution in [3.8, 4) is 5.75 Å². The fourth-order valence-electron chi connectivity index (χ4n) is 2.77. The second-order valence-corrected chi connectivity index (χ2v) is 5.88. The molecule has 0 saturated carbocycles. The zero-order valence-corrected chi connectivity index (χ0v) is 11.6. The summed E-state index contributed by atoms with van der Waals surface area (Å²) in [5.74, 6) is 1.07. The van der Waals surface area contributed by atoms with E-state index in [0.29, 0.717) is 0 Å². The van der Waals surface area contributed by atoms with E-state index in [9.17, 15) is 4.79 Å². The molecule has 98 valence electrons. The number of hydrogen-bond acceptors (Lipinski definition) is 2. The average Bonchev–Trinajstić information content (AvgIpc) is 2.37. The van der Waals surface area contributed by atoms with E-state index in [1.165, 1.54) is 0 Å². The molecule has 1 aliphatic rings. The van der Waals surface area contributed by atoms with E-state index in [0.717, 1.165) is 40.5 Å². The predicted molar refractivity (Wildman–Crippen MR) is 77.0 cm³/mol. The lowest BCUT2D eigenvalue weighted by atomic mass is 9.89. The fourth-order valence-corrected chi connectivity index (χ4v) is 2.77. The third-order valence-corrected chi connectivity index (χ3v) is 3.83. The lowest BCUT2D eigenvalue weighted by Gasteiger charge is -2.33. The molecule has 1 heterocycles. The number of ether oxygens (including phenoxy) is 1. The van der Waals surface area contributed by atoms with Gasteiger partial charge in [-0.25, -0.2) is 0 Å². The van der Waals surface area contributed by atoms with Gasteiger partial charge in [-0.1, -0.05) is 24.3 Å². The van der Waals surface area contributed by atoms with Crippen molar-refractivity contribution in [3.63, 3.8) is 0 Å². The lowest BCUT2D eigenvalue weighted by molar-refractivity contribution is 0.0868. The second-order valence-electron chi connectivity index (χ2n) is 5.88. The molecule has 2 nitrogen and oxygen atoms in total. The topological polar surface area (TPSA) is 26.3 Å². The Morgan fingerprint density at radius 3 is 2.58 bits per heavy atom. The van der Waals surface area contributed by atoms with Crippen molar-refractivity contribution < 1.29 is 9.53 Å². The van der Waals surface area contributed by atoms with Crippen molar-refractivity contribution >= 4 is 16.6 Å². The molecule has 0 amide bonds. The zero-order valence-electron chi connectivity index (χ0n) is 11.6. The molecule has 2 aromatic rings. The maximum absolute atomic E-state index is 11.8. The minimum atomic E-state index is -0.131. The highest BCUT2D eigenvalue weighted by Gasteiger charge is 2.28. The monoisotopic (exact) mass is 254 g/mol. The first-order valence-electron chi connectivity index (χ1n) is 6.72. The van der Waals surface area contributed by atoms with Crippen LogP contribution >= 0.6 is 0 Å². The van der Waals surface area contributed by atoms with Crippen molar-refractivity contribution in [3.05, 3.63) is 41.5 Å². The Balaban J connectivity index is 2.33. The minimum Gasteiger partial charge on any atom is -0.487 e. The van der Waals surface area contributed by atoms with Gasteiger partial charge in [0.25, 0.3) is 0 Å². The molecule has 0 fully saturated rings. The Morgan fingerprint density at radius 1 is 1.21 bits per heavy atom. The van der Waals surface area contributed by atoms with E-state index in [-0.39, 0.29) is 11.4 Å². The van der Waals surface area contributed by atoms with Crippen LogP contribution in [-0.2, 0) is 6.42 Å². The van der Waals surface area contributed by atoms with Crippen molar-refractivity contribution in [2.75, 3.05) is 0 Å². The van der Waals surface area contributed by atoms with Gasteiger partial charge in [0, 0.05) is 10.9 Å². The number of rotatable bonds is 1. The molecule has 0 bridgehead atoms. The number of carbonyl (C=O) groups excluding carboxylic acids is 1. The van der Waals surface area contributed by atoms with Crippen molar-refractivity contribution in [1.82, 2.24) is 0 Å². The van der Waals surface area contributed by atoms with E-state index in [1.807, 2.05) is 30.3 Å². The minimum absolute atomic E-state index is 0.115. The fraction of sp³-hybridized carbons (Fsp3) is 0.353. The molecular formula is C17H18O2. The van der Waals surface area contributed by atoms with Crippen LogP contribution in [0.5, 0.6) is 5.75 Å². The van der Waals surface area contributed by atoms with Crippen LogP contribution in [0.4, 0.5) is 0 Å². The van der Waals surface area contributed by atoms with Gasteiger partial charge < -0.3 is 4.74 Å². The van der Waals surface area contributed by atoms with Gasteiger partial charge in [-0.15, -0.1) is 0 Å². The van der Waals surface area contributed by atoms with Gasteiger partial charge in [-0.2, -0.15) is 0 Å². The summed E-state index contributed by atoms with van der Waals surface area (Å²) in [7, 11) is 0. The molecule has 0 aromatic heterocycles. The number of hydrogen-bond donors (Lipinski definition) is 0. The standard InChI is InChI=1S/C17H18O2/c1-11(18)15-10-12-8-9-17(2,3)19-16(12)14-7-5-4-6-13(14)15/h4-7,10H,8-9H2,1-3H3. The number of aryl methyl sites for hydroxylation is 1. The highest BCUT2D eigenvalue weighted by molar-refractivity contribution is 6.09. The molecule has 0 unspecified atom stereocenters. The normalized spacial score (nSPS) is 16.8. The highest BCUT2D eigenvalue weighted by Crippen LogP contribution is 2.40. The van der Waals surface area contributed by atoms with Crippen LogP contribution in [0.15, 0.2) is 30.3 Å². The van der Waals surface area contributed by atoms with Crippen LogP contribution in [0.1, 0.15) is 43.1 Å². The van der Waals surface area contributed by atoms with Gasteiger partial charge in [-0.05, 0) is 50.6 Å². The molecule has 3 rings (SSSR count). The number of ketones is 1. The Labute approximate surface area is 113 Å². The number of fused-ring (bicyclic) bond motifs is 3. The summed E-state index contributed by atoms with van der Waals surface area (Å²) in [4.78, 5) is 11.8.